The summed E-state index contributed by atoms with van der Waals surface area (Å²) in [6.07, 6.45) is 0. The molecule has 2 unspecified atom stereocenters. The largest absolute Gasteiger partial charge is 0.304 e. The van der Waals surface area contributed by atoms with Gasteiger partial charge in [-0.3, -0.25) is 0 Å². The molecule has 0 fully saturated rings. The molecule has 0 heterocycles. The van der Waals surface area contributed by atoms with Gasteiger partial charge in [-0.2, -0.15) is 0 Å². The molecule has 19 heavy (non-hydrogen) atoms. The third kappa shape index (κ3) is 3.59. The van der Waals surface area contributed by atoms with Gasteiger partial charge in [0.15, 0.2) is 0 Å². The second-order valence-corrected chi connectivity index (χ2v) is 5.46. The highest BCUT2D eigenvalue weighted by Crippen LogP contribution is 2.23. The van der Waals surface area contributed by atoms with Crippen LogP contribution in [-0.4, -0.2) is 0 Å². The van der Waals surface area contributed by atoms with Gasteiger partial charge in [-0.15, -0.1) is 0 Å². The van der Waals surface area contributed by atoms with E-state index >= 15 is 0 Å². The topological polar surface area (TPSA) is 12.0 Å². The van der Waals surface area contributed by atoms with E-state index in [0.29, 0.717) is 6.04 Å². The lowest BCUT2D eigenvalue weighted by molar-refractivity contribution is 0.493. The predicted octanol–water partition coefficient (Wildman–Crippen LogP) is 5.06. The Morgan fingerprint density at radius 2 is 1.68 bits per heavy atom. The first-order chi connectivity index (χ1) is 9.08. The number of hydrogen-bond donors (Lipinski definition) is 1. The van der Waals surface area contributed by atoms with E-state index in [-0.39, 0.29) is 6.04 Å². The van der Waals surface area contributed by atoms with Crippen molar-refractivity contribution in [2.75, 3.05) is 0 Å². The number of benzene rings is 2. The molecule has 2 heteroatoms. The van der Waals surface area contributed by atoms with Crippen LogP contribution in [0.3, 0.4) is 0 Å². The van der Waals surface area contributed by atoms with Crippen LogP contribution in [0.15, 0.2) is 48.5 Å². The van der Waals surface area contributed by atoms with Crippen molar-refractivity contribution < 1.29 is 0 Å². The molecule has 0 amide bonds. The standard InChI is InChI=1S/C17H20ClN/c1-12-7-4-5-10-17(12)14(3)19-13(2)15-8-6-9-16(18)11-15/h4-11,13-14,19H,1-3H3. The molecule has 2 atom stereocenters. The number of rotatable bonds is 4. The van der Waals surface area contributed by atoms with Crippen molar-refractivity contribution in [3.63, 3.8) is 0 Å². The summed E-state index contributed by atoms with van der Waals surface area (Å²) in [6.45, 7) is 6.52. The summed E-state index contributed by atoms with van der Waals surface area (Å²) in [5.74, 6) is 0. The molecule has 0 aromatic heterocycles. The fourth-order valence-corrected chi connectivity index (χ4v) is 2.61. The quantitative estimate of drug-likeness (QED) is 0.821. The van der Waals surface area contributed by atoms with Crippen LogP contribution in [0.2, 0.25) is 5.02 Å². The van der Waals surface area contributed by atoms with Crippen molar-refractivity contribution in [3.05, 3.63) is 70.2 Å². The predicted molar refractivity (Wildman–Crippen MR) is 82.6 cm³/mol. The molecule has 100 valence electrons. The van der Waals surface area contributed by atoms with Gasteiger partial charge in [-0.05, 0) is 49.6 Å². The Balaban J connectivity index is 2.11. The molecule has 0 aliphatic carbocycles. The minimum atomic E-state index is 0.272. The maximum atomic E-state index is 6.04. The Kier molecular flexibility index (Phi) is 4.62. The van der Waals surface area contributed by atoms with Crippen molar-refractivity contribution in [2.24, 2.45) is 0 Å². The molecule has 2 aromatic rings. The Hall–Kier alpha value is -1.31. The molecule has 0 radical (unpaired) electrons. The monoisotopic (exact) mass is 273 g/mol. The molecule has 0 saturated heterocycles. The van der Waals surface area contributed by atoms with Crippen molar-refractivity contribution >= 4 is 11.6 Å². The number of aryl methyl sites for hydroxylation is 1. The van der Waals surface area contributed by atoms with E-state index in [9.17, 15) is 0 Å². The van der Waals surface area contributed by atoms with Gasteiger partial charge in [0, 0.05) is 17.1 Å². The minimum Gasteiger partial charge on any atom is -0.304 e. The lowest BCUT2D eigenvalue weighted by atomic mass is 10.0. The Bertz CT molecular complexity index is 550. The van der Waals surface area contributed by atoms with Crippen LogP contribution in [0.4, 0.5) is 0 Å². The Morgan fingerprint density at radius 3 is 2.37 bits per heavy atom. The normalized spacial score (nSPS) is 14.1. The highest BCUT2D eigenvalue weighted by molar-refractivity contribution is 6.30. The summed E-state index contributed by atoms with van der Waals surface area (Å²) in [4.78, 5) is 0. The van der Waals surface area contributed by atoms with Gasteiger partial charge in [0.05, 0.1) is 0 Å². The fourth-order valence-electron chi connectivity index (χ4n) is 2.41. The first kappa shape index (κ1) is 14.1. The molecule has 1 nitrogen and oxygen atoms in total. The van der Waals surface area contributed by atoms with E-state index in [0.717, 1.165) is 5.02 Å². The molecule has 0 aliphatic rings. The minimum absolute atomic E-state index is 0.272. The van der Waals surface area contributed by atoms with Gasteiger partial charge in [0.25, 0.3) is 0 Å². The number of hydrogen-bond acceptors (Lipinski definition) is 1. The van der Waals surface area contributed by atoms with E-state index in [2.05, 4.69) is 56.4 Å². The lowest BCUT2D eigenvalue weighted by Crippen LogP contribution is -2.23. The van der Waals surface area contributed by atoms with Gasteiger partial charge >= 0.3 is 0 Å². The van der Waals surface area contributed by atoms with Gasteiger partial charge in [-0.1, -0.05) is 48.0 Å². The smallest absolute Gasteiger partial charge is 0.0409 e. The fraction of sp³-hybridized carbons (Fsp3) is 0.294. The van der Waals surface area contributed by atoms with E-state index in [1.165, 1.54) is 16.7 Å². The lowest BCUT2D eigenvalue weighted by Gasteiger charge is -2.22. The van der Waals surface area contributed by atoms with Crippen molar-refractivity contribution in [3.8, 4) is 0 Å². The van der Waals surface area contributed by atoms with Crippen LogP contribution in [0, 0.1) is 6.92 Å². The summed E-state index contributed by atoms with van der Waals surface area (Å²) < 4.78 is 0. The molecule has 0 spiro atoms. The first-order valence-corrected chi connectivity index (χ1v) is 7.03. The summed E-state index contributed by atoms with van der Waals surface area (Å²) in [5.41, 5.74) is 3.88. The van der Waals surface area contributed by atoms with E-state index in [1.807, 2.05) is 18.2 Å². The summed E-state index contributed by atoms with van der Waals surface area (Å²) >= 11 is 6.04. The van der Waals surface area contributed by atoms with Crippen LogP contribution in [0.25, 0.3) is 0 Å². The average Bonchev–Trinajstić information content (AvgIpc) is 2.39. The van der Waals surface area contributed by atoms with Crippen LogP contribution < -0.4 is 5.32 Å². The zero-order chi connectivity index (χ0) is 13.8. The number of nitrogens with one attached hydrogen (secondary N) is 1. The van der Waals surface area contributed by atoms with Crippen LogP contribution in [0.5, 0.6) is 0 Å². The summed E-state index contributed by atoms with van der Waals surface area (Å²) in [5, 5.41) is 4.41. The third-order valence-electron chi connectivity index (χ3n) is 3.50. The van der Waals surface area contributed by atoms with E-state index in [4.69, 9.17) is 11.6 Å². The summed E-state index contributed by atoms with van der Waals surface area (Å²) in [6, 6.07) is 17.1. The molecule has 2 aromatic carbocycles. The second-order valence-electron chi connectivity index (χ2n) is 5.02. The van der Waals surface area contributed by atoms with E-state index < -0.39 is 0 Å². The highest BCUT2D eigenvalue weighted by atomic mass is 35.5. The van der Waals surface area contributed by atoms with Crippen molar-refractivity contribution in [2.45, 2.75) is 32.9 Å². The van der Waals surface area contributed by atoms with Gasteiger partial charge < -0.3 is 5.32 Å². The van der Waals surface area contributed by atoms with Gasteiger partial charge in [0.1, 0.15) is 0 Å². The molecule has 0 bridgehead atoms. The van der Waals surface area contributed by atoms with Crippen LogP contribution >= 0.6 is 11.6 Å². The zero-order valence-electron chi connectivity index (χ0n) is 11.7. The van der Waals surface area contributed by atoms with Gasteiger partial charge in [-0.25, -0.2) is 0 Å². The Labute approximate surface area is 120 Å². The molecular weight excluding hydrogens is 254 g/mol. The average molecular weight is 274 g/mol. The second kappa shape index (κ2) is 6.23. The van der Waals surface area contributed by atoms with Crippen molar-refractivity contribution in [1.82, 2.24) is 5.32 Å². The first-order valence-electron chi connectivity index (χ1n) is 6.65. The zero-order valence-corrected chi connectivity index (χ0v) is 12.4. The van der Waals surface area contributed by atoms with Crippen LogP contribution in [0.1, 0.15) is 42.6 Å². The molecule has 1 N–H and O–H groups in total. The molecule has 0 saturated carbocycles. The molecule has 2 rings (SSSR count). The SMILES string of the molecule is Cc1ccccc1C(C)NC(C)c1cccc(Cl)c1. The summed E-state index contributed by atoms with van der Waals surface area (Å²) in [7, 11) is 0. The third-order valence-corrected chi connectivity index (χ3v) is 3.74. The maximum absolute atomic E-state index is 6.04. The highest BCUT2D eigenvalue weighted by Gasteiger charge is 2.12. The maximum Gasteiger partial charge on any atom is 0.0409 e. The van der Waals surface area contributed by atoms with E-state index in [1.54, 1.807) is 0 Å². The van der Waals surface area contributed by atoms with Crippen LogP contribution in [-0.2, 0) is 0 Å². The Morgan fingerprint density at radius 1 is 0.947 bits per heavy atom. The molecule has 0 aliphatic heterocycles. The molecular formula is C17H20ClN. The van der Waals surface area contributed by atoms with Gasteiger partial charge in [0.2, 0.25) is 0 Å². The van der Waals surface area contributed by atoms with Crippen molar-refractivity contribution in [1.29, 1.82) is 0 Å². The number of halogens is 1.